The second-order valence-corrected chi connectivity index (χ2v) is 16.1. The molecule has 2 heteroatoms. The van der Waals surface area contributed by atoms with Crippen LogP contribution >= 0.6 is 0 Å². The van der Waals surface area contributed by atoms with E-state index in [-0.39, 0.29) is 0 Å². The first-order valence-corrected chi connectivity index (χ1v) is 21.2. The topological polar surface area (TPSA) is 16.4 Å². The lowest BCUT2D eigenvalue weighted by Gasteiger charge is -2.26. The monoisotopic (exact) mass is 789 g/mol. The number of fused-ring (bicyclic) bond motifs is 7. The van der Waals surface area contributed by atoms with E-state index in [1.807, 2.05) is 12.1 Å². The van der Waals surface area contributed by atoms with Crippen molar-refractivity contribution < 1.29 is 4.42 Å². The molecule has 0 aliphatic rings. The molecule has 2 nitrogen and oxygen atoms in total. The average molecular weight is 790 g/mol. The maximum Gasteiger partial charge on any atom is 0.136 e. The lowest BCUT2D eigenvalue weighted by atomic mass is 9.96. The minimum Gasteiger partial charge on any atom is -0.456 e. The van der Waals surface area contributed by atoms with Gasteiger partial charge in [-0.2, -0.15) is 0 Å². The van der Waals surface area contributed by atoms with E-state index in [0.29, 0.717) is 0 Å². The van der Waals surface area contributed by atoms with Crippen LogP contribution in [0.15, 0.2) is 241 Å². The smallest absolute Gasteiger partial charge is 0.136 e. The van der Waals surface area contributed by atoms with Crippen molar-refractivity contribution in [3.05, 3.63) is 237 Å². The number of rotatable bonds is 7. The molecule has 0 aliphatic heterocycles. The highest BCUT2D eigenvalue weighted by atomic mass is 16.3. The van der Waals surface area contributed by atoms with Gasteiger partial charge in [-0.3, -0.25) is 0 Å². The standard InChI is InChI=1S/C60H39NO/c1-2-11-46-37-47(25-23-40(46)9-1)44-29-34-52(35-30-44)61(53-13-7-12-49(39-53)56-16-8-18-59-60(56)57-15-5-6-17-58(57)62-59)51-32-27-42(28-33-51)41-19-21-43(22-20-41)48-31-36-55-50(38-48)26-24-45-10-3-4-14-54(45)55/h1-39H. The van der Waals surface area contributed by atoms with Crippen LogP contribution in [0.3, 0.4) is 0 Å². The van der Waals surface area contributed by atoms with E-state index in [2.05, 4.69) is 229 Å². The highest BCUT2D eigenvalue weighted by molar-refractivity contribution is 6.12. The number of hydrogen-bond donors (Lipinski definition) is 0. The van der Waals surface area contributed by atoms with E-state index in [1.54, 1.807) is 0 Å². The van der Waals surface area contributed by atoms with Gasteiger partial charge in [0.05, 0.1) is 0 Å². The highest BCUT2D eigenvalue weighted by Gasteiger charge is 2.17. The fourth-order valence-corrected chi connectivity index (χ4v) is 9.30. The molecule has 12 rings (SSSR count). The Labute approximate surface area is 360 Å². The Morgan fingerprint density at radius 1 is 0.258 bits per heavy atom. The summed E-state index contributed by atoms with van der Waals surface area (Å²) in [6.07, 6.45) is 0. The largest absolute Gasteiger partial charge is 0.456 e. The van der Waals surface area contributed by atoms with E-state index >= 15 is 0 Å². The van der Waals surface area contributed by atoms with Gasteiger partial charge in [0.15, 0.2) is 0 Å². The molecule has 0 spiro atoms. The summed E-state index contributed by atoms with van der Waals surface area (Å²) < 4.78 is 6.30. The first-order valence-electron chi connectivity index (χ1n) is 21.2. The number of anilines is 3. The van der Waals surface area contributed by atoms with Gasteiger partial charge in [0, 0.05) is 27.8 Å². The van der Waals surface area contributed by atoms with Gasteiger partial charge in [-0.25, -0.2) is 0 Å². The van der Waals surface area contributed by atoms with Gasteiger partial charge in [-0.1, -0.05) is 176 Å². The zero-order chi connectivity index (χ0) is 41.0. The molecule has 0 amide bonds. The summed E-state index contributed by atoms with van der Waals surface area (Å²) in [6, 6.07) is 85.5. The number of hydrogen-bond acceptors (Lipinski definition) is 2. The zero-order valence-corrected chi connectivity index (χ0v) is 33.9. The van der Waals surface area contributed by atoms with E-state index in [9.17, 15) is 0 Å². The minimum absolute atomic E-state index is 0.893. The molecular formula is C60H39NO. The molecule has 11 aromatic carbocycles. The number of para-hydroxylation sites is 1. The molecule has 0 N–H and O–H groups in total. The first-order chi connectivity index (χ1) is 30.7. The van der Waals surface area contributed by atoms with Crippen molar-refractivity contribution in [2.24, 2.45) is 0 Å². The molecule has 0 radical (unpaired) electrons. The third-order valence-electron chi connectivity index (χ3n) is 12.4. The lowest BCUT2D eigenvalue weighted by molar-refractivity contribution is 0.669. The van der Waals surface area contributed by atoms with Gasteiger partial charge in [-0.05, 0) is 137 Å². The van der Waals surface area contributed by atoms with Crippen LogP contribution in [0.4, 0.5) is 17.1 Å². The van der Waals surface area contributed by atoms with Crippen molar-refractivity contribution in [3.8, 4) is 44.5 Å². The predicted molar refractivity (Wildman–Crippen MR) is 263 cm³/mol. The fraction of sp³-hybridized carbons (Fsp3) is 0. The van der Waals surface area contributed by atoms with E-state index in [0.717, 1.165) is 50.1 Å². The molecule has 0 aliphatic carbocycles. The molecule has 12 aromatic rings. The molecule has 0 bridgehead atoms. The third-order valence-corrected chi connectivity index (χ3v) is 12.4. The Bertz CT molecular complexity index is 3620. The molecule has 1 heterocycles. The van der Waals surface area contributed by atoms with Crippen molar-refractivity contribution >= 4 is 71.3 Å². The van der Waals surface area contributed by atoms with Crippen LogP contribution in [0.2, 0.25) is 0 Å². The van der Waals surface area contributed by atoms with Gasteiger partial charge in [0.1, 0.15) is 11.2 Å². The van der Waals surface area contributed by atoms with Crippen LogP contribution in [0, 0.1) is 0 Å². The first kappa shape index (κ1) is 35.7. The summed E-state index contributed by atoms with van der Waals surface area (Å²) in [4.78, 5) is 2.36. The van der Waals surface area contributed by atoms with Crippen LogP contribution in [0.5, 0.6) is 0 Å². The van der Waals surface area contributed by atoms with Crippen LogP contribution in [0.25, 0.3) is 98.8 Å². The molecule has 290 valence electrons. The molecule has 62 heavy (non-hydrogen) atoms. The molecule has 0 saturated heterocycles. The average Bonchev–Trinajstić information content (AvgIpc) is 3.73. The number of benzene rings is 11. The molecule has 0 saturated carbocycles. The third kappa shape index (κ3) is 6.29. The van der Waals surface area contributed by atoms with Gasteiger partial charge in [0.2, 0.25) is 0 Å². The van der Waals surface area contributed by atoms with Gasteiger partial charge < -0.3 is 9.32 Å². The summed E-state index contributed by atoms with van der Waals surface area (Å²) >= 11 is 0. The lowest BCUT2D eigenvalue weighted by Crippen LogP contribution is -2.10. The van der Waals surface area contributed by atoms with E-state index in [1.165, 1.54) is 65.7 Å². The van der Waals surface area contributed by atoms with Crippen LogP contribution < -0.4 is 4.90 Å². The van der Waals surface area contributed by atoms with Gasteiger partial charge in [-0.15, -0.1) is 0 Å². The molecular weight excluding hydrogens is 751 g/mol. The molecule has 0 unspecified atom stereocenters. The molecule has 0 fully saturated rings. The normalized spacial score (nSPS) is 11.5. The number of furan rings is 1. The Morgan fingerprint density at radius 2 is 0.758 bits per heavy atom. The van der Waals surface area contributed by atoms with Crippen LogP contribution in [-0.4, -0.2) is 0 Å². The maximum absolute atomic E-state index is 6.30. The summed E-state index contributed by atoms with van der Waals surface area (Å²) in [5.41, 5.74) is 14.5. The van der Waals surface area contributed by atoms with Crippen LogP contribution in [-0.2, 0) is 0 Å². The van der Waals surface area contributed by atoms with Crippen molar-refractivity contribution in [1.82, 2.24) is 0 Å². The Balaban J connectivity index is 0.903. The minimum atomic E-state index is 0.893. The number of nitrogens with zero attached hydrogens (tertiary/aromatic N) is 1. The Hall–Kier alpha value is -8.20. The van der Waals surface area contributed by atoms with Gasteiger partial charge >= 0.3 is 0 Å². The van der Waals surface area contributed by atoms with E-state index < -0.39 is 0 Å². The van der Waals surface area contributed by atoms with Crippen LogP contribution in [0.1, 0.15) is 0 Å². The van der Waals surface area contributed by atoms with Crippen molar-refractivity contribution in [2.75, 3.05) is 4.90 Å². The summed E-state index contributed by atoms with van der Waals surface area (Å²) in [6.45, 7) is 0. The van der Waals surface area contributed by atoms with E-state index in [4.69, 9.17) is 4.42 Å². The van der Waals surface area contributed by atoms with Crippen molar-refractivity contribution in [3.63, 3.8) is 0 Å². The predicted octanol–water partition coefficient (Wildman–Crippen LogP) is 17.2. The zero-order valence-electron chi connectivity index (χ0n) is 33.9. The second-order valence-electron chi connectivity index (χ2n) is 16.1. The quantitative estimate of drug-likeness (QED) is 0.150. The maximum atomic E-state index is 6.30. The molecule has 1 aromatic heterocycles. The second kappa shape index (κ2) is 14.8. The molecule has 0 atom stereocenters. The summed E-state index contributed by atoms with van der Waals surface area (Å²) in [5.74, 6) is 0. The Kier molecular flexibility index (Phi) is 8.53. The van der Waals surface area contributed by atoms with Crippen molar-refractivity contribution in [1.29, 1.82) is 0 Å². The Morgan fingerprint density at radius 3 is 1.50 bits per heavy atom. The summed E-state index contributed by atoms with van der Waals surface area (Å²) in [5, 5.41) is 9.85. The summed E-state index contributed by atoms with van der Waals surface area (Å²) in [7, 11) is 0. The van der Waals surface area contributed by atoms with Gasteiger partial charge in [0.25, 0.3) is 0 Å². The highest BCUT2D eigenvalue weighted by Crippen LogP contribution is 2.42. The fourth-order valence-electron chi connectivity index (χ4n) is 9.30. The van der Waals surface area contributed by atoms with Crippen molar-refractivity contribution in [2.45, 2.75) is 0 Å². The SMILES string of the molecule is c1cc(-c2cccc3oc4ccccc4c23)cc(N(c2ccc(-c3ccc(-c4ccc5c(ccc6ccccc65)c4)cc3)cc2)c2ccc(-c3ccc4ccccc4c3)cc2)c1.